The second-order valence-electron chi connectivity index (χ2n) is 6.44. The van der Waals surface area contributed by atoms with Crippen LogP contribution in [0.15, 0.2) is 0 Å². The third-order valence-electron chi connectivity index (χ3n) is 3.59. The van der Waals surface area contributed by atoms with Crippen LogP contribution < -0.4 is 0 Å². The van der Waals surface area contributed by atoms with Crippen LogP contribution in [-0.4, -0.2) is 40.8 Å². The minimum atomic E-state index is -1.24. The van der Waals surface area contributed by atoms with Gasteiger partial charge in [0.2, 0.25) is 0 Å². The molecule has 1 aliphatic rings. The molecule has 0 aliphatic heterocycles. The van der Waals surface area contributed by atoms with Gasteiger partial charge in [-0.1, -0.05) is 0 Å². The van der Waals surface area contributed by atoms with Gasteiger partial charge in [0.25, 0.3) is 0 Å². The Morgan fingerprint density at radius 1 is 1.41 bits per heavy atom. The summed E-state index contributed by atoms with van der Waals surface area (Å²) in [6.07, 6.45) is 1.11. The van der Waals surface area contributed by atoms with E-state index >= 15 is 0 Å². The van der Waals surface area contributed by atoms with Crippen molar-refractivity contribution in [1.82, 2.24) is 4.90 Å². The van der Waals surface area contributed by atoms with Crippen LogP contribution in [0.5, 0.6) is 0 Å². The van der Waals surface area contributed by atoms with Crippen molar-refractivity contribution >= 4 is 23.4 Å². The van der Waals surface area contributed by atoms with Crippen LogP contribution in [0.4, 0.5) is 9.18 Å². The van der Waals surface area contributed by atoms with E-state index < -0.39 is 23.5 Å². The Bertz CT molecular complexity index is 605. The van der Waals surface area contributed by atoms with Gasteiger partial charge in [-0.2, -0.15) is 0 Å². The number of carboxylic acids is 1. The quantitative estimate of drug-likeness (QED) is 0.904. The van der Waals surface area contributed by atoms with Crippen molar-refractivity contribution in [3.05, 3.63) is 21.1 Å². The zero-order chi connectivity index (χ0) is 16.7. The van der Waals surface area contributed by atoms with E-state index in [1.807, 2.05) is 0 Å². The van der Waals surface area contributed by atoms with Gasteiger partial charge in [0, 0.05) is 23.5 Å². The monoisotopic (exact) mass is 329 g/mol. The van der Waals surface area contributed by atoms with E-state index in [0.717, 1.165) is 16.2 Å². The average Bonchev–Trinajstić information content (AvgIpc) is 2.73. The van der Waals surface area contributed by atoms with Crippen molar-refractivity contribution in [2.24, 2.45) is 0 Å². The molecule has 5 nitrogen and oxygen atoms in total. The van der Waals surface area contributed by atoms with E-state index in [2.05, 4.69) is 0 Å². The Balaban J connectivity index is 2.15. The van der Waals surface area contributed by atoms with E-state index in [4.69, 9.17) is 9.84 Å². The second kappa shape index (κ2) is 5.87. The topological polar surface area (TPSA) is 66.8 Å². The van der Waals surface area contributed by atoms with Crippen molar-refractivity contribution < 1.29 is 23.8 Å². The predicted molar refractivity (Wildman–Crippen MR) is 81.0 cm³/mol. The van der Waals surface area contributed by atoms with E-state index in [1.165, 1.54) is 4.90 Å². The van der Waals surface area contributed by atoms with Gasteiger partial charge in [0.05, 0.1) is 0 Å². The first-order valence-corrected chi connectivity index (χ1v) is 7.91. The van der Waals surface area contributed by atoms with Gasteiger partial charge < -0.3 is 14.7 Å². The number of ether oxygens (including phenoxy) is 1. The fraction of sp³-hybridized carbons (Fsp3) is 0.600. The molecule has 0 aromatic carbocycles. The van der Waals surface area contributed by atoms with Crippen molar-refractivity contribution in [1.29, 1.82) is 0 Å². The van der Waals surface area contributed by atoms with Gasteiger partial charge in [-0.15, -0.1) is 11.3 Å². The largest absolute Gasteiger partial charge is 0.477 e. The first kappa shape index (κ1) is 16.7. The van der Waals surface area contributed by atoms with Gasteiger partial charge >= 0.3 is 12.1 Å². The highest BCUT2D eigenvalue weighted by Gasteiger charge is 2.33. The number of fused-ring (bicyclic) bond motifs is 1. The molecule has 1 aliphatic carbocycles. The average molecular weight is 329 g/mol. The predicted octanol–water partition coefficient (Wildman–Crippen LogP) is 3.31. The smallest absolute Gasteiger partial charge is 0.410 e. The highest BCUT2D eigenvalue weighted by atomic mass is 32.1. The van der Waals surface area contributed by atoms with Crippen molar-refractivity contribution in [3.63, 3.8) is 0 Å². The molecule has 0 radical (unpaired) electrons. The summed E-state index contributed by atoms with van der Waals surface area (Å²) in [6.45, 7) is 5.36. The Kier molecular flexibility index (Phi) is 4.47. The van der Waals surface area contributed by atoms with Crippen LogP contribution >= 0.6 is 11.3 Å². The molecule has 122 valence electrons. The van der Waals surface area contributed by atoms with Gasteiger partial charge in [-0.25, -0.2) is 14.0 Å². The molecule has 0 bridgehead atoms. The molecule has 1 unspecified atom stereocenters. The number of carbonyl (C=O) groups excluding carboxylic acids is 1. The lowest BCUT2D eigenvalue weighted by molar-refractivity contribution is 0.0209. The summed E-state index contributed by atoms with van der Waals surface area (Å²) in [4.78, 5) is 25.1. The lowest BCUT2D eigenvalue weighted by atomic mass is 9.93. The van der Waals surface area contributed by atoms with E-state index in [9.17, 15) is 14.0 Å². The Morgan fingerprint density at radius 2 is 2.05 bits per heavy atom. The third-order valence-corrected chi connectivity index (χ3v) is 4.85. The molecule has 1 N–H and O–H groups in total. The molecule has 0 saturated heterocycles. The molecule has 1 aromatic heterocycles. The summed E-state index contributed by atoms with van der Waals surface area (Å²) in [5, 5.41) is 8.99. The fourth-order valence-corrected chi connectivity index (χ4v) is 3.54. The third kappa shape index (κ3) is 3.40. The number of amides is 1. The minimum Gasteiger partial charge on any atom is -0.477 e. The highest BCUT2D eigenvalue weighted by molar-refractivity contribution is 7.14. The van der Waals surface area contributed by atoms with Gasteiger partial charge in [0.1, 0.15) is 10.5 Å². The lowest BCUT2D eigenvalue weighted by Crippen LogP contribution is -2.43. The van der Waals surface area contributed by atoms with Crippen LogP contribution in [0, 0.1) is 5.82 Å². The number of carboxylic acid groups (broad SMARTS) is 1. The summed E-state index contributed by atoms with van der Waals surface area (Å²) in [5.74, 6) is -1.90. The maximum Gasteiger partial charge on any atom is 0.410 e. The number of hydrogen-bond acceptors (Lipinski definition) is 4. The van der Waals surface area contributed by atoms with Crippen LogP contribution in [0.25, 0.3) is 0 Å². The molecule has 1 aromatic rings. The number of hydrogen-bond donors (Lipinski definition) is 1. The molecule has 7 heteroatoms. The Labute approximate surface area is 132 Å². The number of rotatable bonds is 2. The summed E-state index contributed by atoms with van der Waals surface area (Å²) < 4.78 is 19.5. The number of nitrogens with zero attached hydrogens (tertiary/aromatic N) is 1. The molecule has 0 fully saturated rings. The van der Waals surface area contributed by atoms with Crippen LogP contribution in [0.2, 0.25) is 0 Å². The zero-order valence-corrected chi connectivity index (χ0v) is 13.9. The van der Waals surface area contributed by atoms with Crippen molar-refractivity contribution in [2.45, 2.75) is 51.7 Å². The highest BCUT2D eigenvalue weighted by Crippen LogP contribution is 2.34. The number of likely N-dealkylation sites (N-methyl/N-ethyl adjacent to an activating group) is 1. The SMILES string of the molecule is CN(C(=O)OC(C)(C)C)C1CCc2sc(C(=O)O)c(F)c2C1. The number of carbonyl (C=O) groups is 2. The zero-order valence-electron chi connectivity index (χ0n) is 13.1. The molecule has 1 amide bonds. The molecule has 1 heterocycles. The molecule has 1 atom stereocenters. The van der Waals surface area contributed by atoms with Gasteiger partial charge in [-0.3, -0.25) is 0 Å². The van der Waals surface area contributed by atoms with E-state index in [1.54, 1.807) is 27.8 Å². The fourth-order valence-electron chi connectivity index (χ4n) is 2.48. The molecular formula is C15H20FNO4S. The number of aryl methyl sites for hydroxylation is 1. The lowest BCUT2D eigenvalue weighted by Gasteiger charge is -2.32. The number of halogens is 1. The maximum absolute atomic E-state index is 14.2. The maximum atomic E-state index is 14.2. The van der Waals surface area contributed by atoms with Crippen LogP contribution in [0.1, 0.15) is 47.3 Å². The number of aromatic carboxylic acids is 1. The summed E-state index contributed by atoms with van der Waals surface area (Å²) in [5.41, 5.74) is -0.163. The van der Waals surface area contributed by atoms with Gasteiger partial charge in [-0.05, 0) is 40.0 Å². The van der Waals surface area contributed by atoms with Crippen LogP contribution in [-0.2, 0) is 17.6 Å². The van der Waals surface area contributed by atoms with Crippen molar-refractivity contribution in [3.8, 4) is 0 Å². The minimum absolute atomic E-state index is 0.187. The van der Waals surface area contributed by atoms with Gasteiger partial charge in [0.15, 0.2) is 5.82 Å². The first-order chi connectivity index (χ1) is 10.1. The van der Waals surface area contributed by atoms with Crippen molar-refractivity contribution in [2.75, 3.05) is 7.05 Å². The summed E-state index contributed by atoms with van der Waals surface area (Å²) in [6, 6.07) is -0.187. The molecular weight excluding hydrogens is 309 g/mol. The normalized spacial score (nSPS) is 17.8. The standard InChI is InChI=1S/C15H20FNO4S/c1-15(2,3)21-14(20)17(4)8-5-6-10-9(7-8)11(16)12(22-10)13(18)19/h8H,5-7H2,1-4H3,(H,18,19). The van der Waals surface area contributed by atoms with E-state index in [0.29, 0.717) is 24.8 Å². The molecule has 0 spiro atoms. The second-order valence-corrected chi connectivity index (χ2v) is 7.55. The number of thiophene rings is 1. The summed E-state index contributed by atoms with van der Waals surface area (Å²) in [7, 11) is 1.63. The van der Waals surface area contributed by atoms with E-state index in [-0.39, 0.29) is 10.9 Å². The Hall–Kier alpha value is -1.63. The molecule has 2 rings (SSSR count). The molecule has 22 heavy (non-hydrogen) atoms. The first-order valence-electron chi connectivity index (χ1n) is 7.09. The van der Waals surface area contributed by atoms with Crippen LogP contribution in [0.3, 0.4) is 0 Å². The summed E-state index contributed by atoms with van der Waals surface area (Å²) >= 11 is 0.993. The molecule has 0 saturated carbocycles. The Morgan fingerprint density at radius 3 is 2.59 bits per heavy atom.